The molecule has 2 aliphatic heterocycles. The lowest BCUT2D eigenvalue weighted by Crippen LogP contribution is -2.41. The number of amides is 2. The SMILES string of the molecule is C=C/C=C(/c1nc(I)cc(C)c1C(=O)N1CCC(C)(N)C1)c1sc(CN2C(=C)C3C(C2=O)C3(C)C)cc1C. The molecule has 4 heterocycles. The normalized spacial score (nSPS) is 26.2. The van der Waals surface area contributed by atoms with Gasteiger partial charge in [-0.1, -0.05) is 39.2 Å². The molecule has 200 valence electrons. The number of pyridine rings is 1. The summed E-state index contributed by atoms with van der Waals surface area (Å²) in [5.74, 6) is 0.445. The molecule has 38 heavy (non-hydrogen) atoms. The van der Waals surface area contributed by atoms with Crippen LogP contribution < -0.4 is 5.73 Å². The van der Waals surface area contributed by atoms with Crippen LogP contribution in [0.1, 0.15) is 64.1 Å². The Morgan fingerprint density at radius 1 is 1.26 bits per heavy atom. The van der Waals surface area contributed by atoms with Crippen molar-refractivity contribution in [1.82, 2.24) is 14.8 Å². The maximum atomic E-state index is 13.8. The number of thiophene rings is 1. The van der Waals surface area contributed by atoms with E-state index in [1.54, 1.807) is 17.4 Å². The summed E-state index contributed by atoms with van der Waals surface area (Å²) in [6.07, 6.45) is 4.45. The van der Waals surface area contributed by atoms with E-state index in [9.17, 15) is 9.59 Å². The maximum Gasteiger partial charge on any atom is 0.256 e. The first-order valence-corrected chi connectivity index (χ1v) is 14.8. The molecule has 2 amide bonds. The highest BCUT2D eigenvalue weighted by molar-refractivity contribution is 14.1. The van der Waals surface area contributed by atoms with E-state index < -0.39 is 0 Å². The zero-order valence-electron chi connectivity index (χ0n) is 22.7. The van der Waals surface area contributed by atoms with Crippen LogP contribution in [0, 0.1) is 34.8 Å². The molecule has 6 nitrogen and oxygen atoms in total. The summed E-state index contributed by atoms with van der Waals surface area (Å²) in [7, 11) is 0. The molecule has 5 rings (SSSR count). The van der Waals surface area contributed by atoms with Crippen molar-refractivity contribution in [3.63, 3.8) is 0 Å². The monoisotopic (exact) mass is 642 g/mol. The van der Waals surface area contributed by atoms with E-state index in [1.807, 2.05) is 35.8 Å². The Morgan fingerprint density at radius 3 is 2.55 bits per heavy atom. The highest BCUT2D eigenvalue weighted by atomic mass is 127. The van der Waals surface area contributed by atoms with Crippen LogP contribution in [-0.2, 0) is 11.3 Å². The Labute approximate surface area is 242 Å². The molecule has 3 aliphatic rings. The second-order valence-corrected chi connectivity index (χ2v) is 14.1. The number of rotatable bonds is 6. The first-order chi connectivity index (χ1) is 17.8. The number of fused-ring (bicyclic) bond motifs is 1. The Morgan fingerprint density at radius 2 is 1.97 bits per heavy atom. The van der Waals surface area contributed by atoms with E-state index in [1.165, 1.54) is 0 Å². The third-order valence-electron chi connectivity index (χ3n) is 8.32. The van der Waals surface area contributed by atoms with Gasteiger partial charge >= 0.3 is 0 Å². The molecule has 0 bridgehead atoms. The largest absolute Gasteiger partial charge is 0.337 e. The van der Waals surface area contributed by atoms with Gasteiger partial charge in [-0.25, -0.2) is 4.98 Å². The van der Waals surface area contributed by atoms with Gasteiger partial charge in [-0.3, -0.25) is 9.59 Å². The fourth-order valence-corrected chi connectivity index (χ4v) is 8.11. The van der Waals surface area contributed by atoms with Crippen molar-refractivity contribution >= 4 is 51.3 Å². The highest BCUT2D eigenvalue weighted by Gasteiger charge is 2.69. The van der Waals surface area contributed by atoms with E-state index in [-0.39, 0.29) is 34.6 Å². The Balaban J connectivity index is 1.50. The van der Waals surface area contributed by atoms with Gasteiger partial charge in [0.2, 0.25) is 5.91 Å². The molecule has 2 aromatic heterocycles. The summed E-state index contributed by atoms with van der Waals surface area (Å²) in [5.41, 5.74) is 11.0. The summed E-state index contributed by atoms with van der Waals surface area (Å²) >= 11 is 3.84. The molecule has 0 radical (unpaired) electrons. The van der Waals surface area contributed by atoms with E-state index in [0.717, 1.165) is 42.3 Å². The van der Waals surface area contributed by atoms with Gasteiger partial charge in [0.05, 0.1) is 23.7 Å². The van der Waals surface area contributed by atoms with Gasteiger partial charge in [-0.15, -0.1) is 11.3 Å². The maximum absolute atomic E-state index is 13.8. The average Bonchev–Trinajstić information content (AvgIpc) is 3.10. The molecule has 3 atom stereocenters. The number of piperidine rings is 1. The number of hydrogen-bond donors (Lipinski definition) is 1. The smallest absolute Gasteiger partial charge is 0.256 e. The molecule has 2 N–H and O–H groups in total. The van der Waals surface area contributed by atoms with Crippen molar-refractivity contribution in [2.45, 2.75) is 53.1 Å². The first-order valence-electron chi connectivity index (χ1n) is 12.9. The number of halogens is 1. The minimum Gasteiger partial charge on any atom is -0.337 e. The van der Waals surface area contributed by atoms with Crippen LogP contribution in [0.5, 0.6) is 0 Å². The number of allylic oxidation sites excluding steroid dienone is 3. The number of nitrogens with zero attached hydrogens (tertiary/aromatic N) is 3. The molecule has 2 aromatic rings. The number of hydrogen-bond acceptors (Lipinski definition) is 5. The van der Waals surface area contributed by atoms with Crippen LogP contribution in [0.15, 0.2) is 43.1 Å². The highest BCUT2D eigenvalue weighted by Crippen LogP contribution is 2.66. The van der Waals surface area contributed by atoms with Gasteiger partial charge in [0.15, 0.2) is 0 Å². The summed E-state index contributed by atoms with van der Waals surface area (Å²) in [6.45, 7) is 20.2. The molecule has 3 unspecified atom stereocenters. The van der Waals surface area contributed by atoms with Gasteiger partial charge in [0, 0.05) is 45.6 Å². The quantitative estimate of drug-likeness (QED) is 0.250. The molecule has 0 spiro atoms. The molecule has 8 heteroatoms. The van der Waals surface area contributed by atoms with Crippen molar-refractivity contribution in [3.05, 3.63) is 79.0 Å². The van der Waals surface area contributed by atoms with Crippen molar-refractivity contribution in [2.75, 3.05) is 13.1 Å². The lowest BCUT2D eigenvalue weighted by molar-refractivity contribution is -0.130. The average molecular weight is 643 g/mol. The van der Waals surface area contributed by atoms with Crippen LogP contribution in [0.4, 0.5) is 0 Å². The van der Waals surface area contributed by atoms with Gasteiger partial charge in [0.25, 0.3) is 5.91 Å². The fraction of sp³-hybridized carbons (Fsp3) is 0.433. The van der Waals surface area contributed by atoms with Crippen LogP contribution >= 0.6 is 33.9 Å². The molecule has 1 saturated carbocycles. The Bertz CT molecular complexity index is 1400. The molecule has 1 aliphatic carbocycles. The molecule has 3 fully saturated rings. The van der Waals surface area contributed by atoms with E-state index in [4.69, 9.17) is 10.7 Å². The molecule has 2 saturated heterocycles. The molecular formula is C30H35IN4O2S. The minimum absolute atomic E-state index is 0.0225. The molecule has 0 aromatic carbocycles. The predicted octanol–water partition coefficient (Wildman–Crippen LogP) is 5.67. The van der Waals surface area contributed by atoms with Crippen molar-refractivity contribution < 1.29 is 9.59 Å². The summed E-state index contributed by atoms with van der Waals surface area (Å²) in [4.78, 5) is 37.6. The first kappa shape index (κ1) is 27.3. The standard InChI is InChI=1S/C30H35IN4O2S/c1-8-9-20(25-22(16(2)13-21(31)33-25)27(36)34-11-10-30(7,32)15-34)26-17(3)12-19(38-26)14-35-18(4)23-24(28(35)37)29(23,5)6/h8-9,12-13,23-24H,1,4,10-11,14-15,32H2,2-3,5-7H3/b20-9-. The number of aromatic nitrogens is 1. The minimum atomic E-state index is -0.383. The van der Waals surface area contributed by atoms with E-state index in [0.29, 0.717) is 30.9 Å². The van der Waals surface area contributed by atoms with Crippen LogP contribution in [0.25, 0.3) is 5.57 Å². The zero-order valence-corrected chi connectivity index (χ0v) is 25.7. The van der Waals surface area contributed by atoms with Gasteiger partial charge in [-0.2, -0.15) is 0 Å². The summed E-state index contributed by atoms with van der Waals surface area (Å²) in [5, 5.41) is 0. The van der Waals surface area contributed by atoms with Gasteiger partial charge in [0.1, 0.15) is 3.70 Å². The summed E-state index contributed by atoms with van der Waals surface area (Å²) in [6, 6.07) is 4.08. The van der Waals surface area contributed by atoms with Crippen LogP contribution in [-0.4, -0.2) is 45.2 Å². The van der Waals surface area contributed by atoms with E-state index >= 15 is 0 Å². The third kappa shape index (κ3) is 4.48. The van der Waals surface area contributed by atoms with Crippen LogP contribution in [0.3, 0.4) is 0 Å². The number of nitrogens with two attached hydrogens (primary N) is 1. The number of carbonyl (C=O) groups is 2. The molecular weight excluding hydrogens is 607 g/mol. The van der Waals surface area contributed by atoms with Crippen molar-refractivity contribution in [1.29, 1.82) is 0 Å². The zero-order chi connectivity index (χ0) is 27.7. The second-order valence-electron chi connectivity index (χ2n) is 11.8. The predicted molar refractivity (Wildman–Crippen MR) is 162 cm³/mol. The van der Waals surface area contributed by atoms with Gasteiger partial charge in [-0.05, 0) is 78.5 Å². The van der Waals surface area contributed by atoms with Crippen molar-refractivity contribution in [3.8, 4) is 0 Å². The van der Waals surface area contributed by atoms with Crippen LogP contribution in [0.2, 0.25) is 0 Å². The Hall–Kier alpha value is -2.30. The number of carbonyl (C=O) groups excluding carboxylic acids is 2. The third-order valence-corrected chi connectivity index (χ3v) is 10.1. The lowest BCUT2D eigenvalue weighted by atomic mass is 9.97. The topological polar surface area (TPSA) is 79.5 Å². The Kier molecular flexibility index (Phi) is 6.76. The number of aryl methyl sites for hydroxylation is 2. The number of likely N-dealkylation sites (tertiary alicyclic amines) is 2. The lowest BCUT2D eigenvalue weighted by Gasteiger charge is -2.23. The fourth-order valence-electron chi connectivity index (χ4n) is 6.22. The second kappa shape index (κ2) is 9.41. The van der Waals surface area contributed by atoms with Gasteiger partial charge < -0.3 is 15.5 Å². The van der Waals surface area contributed by atoms with E-state index in [2.05, 4.69) is 62.6 Å². The summed E-state index contributed by atoms with van der Waals surface area (Å²) < 4.78 is 0.821. The van der Waals surface area contributed by atoms with Crippen molar-refractivity contribution in [2.24, 2.45) is 23.0 Å².